The van der Waals surface area contributed by atoms with E-state index in [0.717, 1.165) is 5.69 Å². The number of aromatic nitrogens is 3. The van der Waals surface area contributed by atoms with E-state index < -0.39 is 0 Å². The predicted octanol–water partition coefficient (Wildman–Crippen LogP) is 3.63. The molecule has 0 aliphatic carbocycles. The Hall–Kier alpha value is -0.910. The minimum absolute atomic E-state index is 0.0513. The highest BCUT2D eigenvalue weighted by molar-refractivity contribution is 9.10. The van der Waals surface area contributed by atoms with Crippen LogP contribution in [0.3, 0.4) is 0 Å². The molecule has 0 aliphatic heterocycles. The second-order valence-corrected chi connectivity index (χ2v) is 4.18. The molecule has 0 aliphatic rings. The summed E-state index contributed by atoms with van der Waals surface area (Å²) in [6, 6.07) is 9.49. The van der Waals surface area contributed by atoms with E-state index >= 15 is 0 Å². The van der Waals surface area contributed by atoms with Crippen LogP contribution >= 0.6 is 39.3 Å². The lowest BCUT2D eigenvalue weighted by molar-refractivity contribution is 1.04. The summed E-state index contributed by atoms with van der Waals surface area (Å²) in [6.07, 6.45) is 0. The summed E-state index contributed by atoms with van der Waals surface area (Å²) in [7, 11) is 0. The SMILES string of the molecule is Clc1nc(Cl)nc(N(Br)c2ccccc2)n1. The summed E-state index contributed by atoms with van der Waals surface area (Å²) in [4.78, 5) is 11.6. The molecular formula is C9H5BrCl2N4. The Morgan fingerprint density at radius 1 is 0.938 bits per heavy atom. The van der Waals surface area contributed by atoms with Crippen molar-refractivity contribution < 1.29 is 0 Å². The van der Waals surface area contributed by atoms with Gasteiger partial charge in [0.1, 0.15) is 0 Å². The van der Waals surface area contributed by atoms with E-state index in [4.69, 9.17) is 23.2 Å². The van der Waals surface area contributed by atoms with Gasteiger partial charge in [-0.2, -0.15) is 15.0 Å². The Labute approximate surface area is 111 Å². The fourth-order valence-corrected chi connectivity index (χ4v) is 1.83. The molecule has 0 unspecified atom stereocenters. The Bertz CT molecular complexity index is 474. The highest BCUT2D eigenvalue weighted by Crippen LogP contribution is 2.26. The molecule has 0 spiro atoms. The van der Waals surface area contributed by atoms with E-state index in [1.807, 2.05) is 30.3 Å². The van der Waals surface area contributed by atoms with Crippen LogP contribution in [0.15, 0.2) is 30.3 Å². The van der Waals surface area contributed by atoms with E-state index in [2.05, 4.69) is 31.1 Å². The molecule has 0 fully saturated rings. The molecule has 1 aromatic heterocycles. The van der Waals surface area contributed by atoms with Gasteiger partial charge in [-0.15, -0.1) is 0 Å². The van der Waals surface area contributed by atoms with E-state index in [1.165, 1.54) is 0 Å². The van der Waals surface area contributed by atoms with Gasteiger partial charge in [0.15, 0.2) is 0 Å². The van der Waals surface area contributed by atoms with Gasteiger partial charge >= 0.3 is 0 Å². The number of hydrogen-bond donors (Lipinski definition) is 0. The lowest BCUT2D eigenvalue weighted by Crippen LogP contribution is -2.06. The number of halogens is 3. The number of nitrogens with zero attached hydrogens (tertiary/aromatic N) is 4. The maximum absolute atomic E-state index is 5.69. The third-order valence-corrected chi connectivity index (χ3v) is 2.79. The fraction of sp³-hybridized carbons (Fsp3) is 0. The van der Waals surface area contributed by atoms with E-state index in [-0.39, 0.29) is 10.6 Å². The van der Waals surface area contributed by atoms with E-state index in [0.29, 0.717) is 5.95 Å². The maximum Gasteiger partial charge on any atom is 0.246 e. The largest absolute Gasteiger partial charge is 0.246 e. The molecule has 0 saturated heterocycles. The van der Waals surface area contributed by atoms with E-state index in [1.54, 1.807) is 3.93 Å². The normalized spacial score (nSPS) is 10.2. The van der Waals surface area contributed by atoms with Crippen molar-refractivity contribution in [3.8, 4) is 0 Å². The highest BCUT2D eigenvalue weighted by Gasteiger charge is 2.11. The van der Waals surface area contributed by atoms with Crippen molar-refractivity contribution in [2.45, 2.75) is 0 Å². The average Bonchev–Trinajstić information content (AvgIpc) is 2.28. The fourth-order valence-electron chi connectivity index (χ4n) is 1.08. The van der Waals surface area contributed by atoms with Crippen molar-refractivity contribution in [2.24, 2.45) is 0 Å². The molecular weight excluding hydrogens is 315 g/mol. The van der Waals surface area contributed by atoms with Gasteiger partial charge in [-0.05, 0) is 35.3 Å². The van der Waals surface area contributed by atoms with Crippen LogP contribution in [0.2, 0.25) is 10.6 Å². The van der Waals surface area contributed by atoms with Gasteiger partial charge in [-0.25, -0.2) is 3.93 Å². The Morgan fingerprint density at radius 2 is 1.50 bits per heavy atom. The van der Waals surface area contributed by atoms with Crippen molar-refractivity contribution in [1.82, 2.24) is 15.0 Å². The first kappa shape index (κ1) is 11.6. The summed E-state index contributed by atoms with van der Waals surface area (Å²) in [5, 5.41) is 0.103. The number of anilines is 2. The van der Waals surface area contributed by atoms with Crippen LogP contribution in [0.5, 0.6) is 0 Å². The van der Waals surface area contributed by atoms with Gasteiger partial charge in [0.2, 0.25) is 16.5 Å². The first-order valence-corrected chi connectivity index (χ1v) is 5.71. The Balaban J connectivity index is 2.37. The molecule has 0 atom stereocenters. The summed E-state index contributed by atoms with van der Waals surface area (Å²) >= 11 is 14.7. The molecule has 0 bridgehead atoms. The van der Waals surface area contributed by atoms with Crippen LogP contribution < -0.4 is 3.93 Å². The average molecular weight is 320 g/mol. The van der Waals surface area contributed by atoms with Crippen molar-refractivity contribution in [1.29, 1.82) is 0 Å². The second-order valence-electron chi connectivity index (χ2n) is 2.79. The Morgan fingerprint density at radius 3 is 2.06 bits per heavy atom. The molecule has 2 aromatic rings. The van der Waals surface area contributed by atoms with Gasteiger partial charge in [-0.3, -0.25) is 0 Å². The molecule has 4 nitrogen and oxygen atoms in total. The van der Waals surface area contributed by atoms with Crippen LogP contribution in [0, 0.1) is 0 Å². The maximum atomic E-state index is 5.69. The molecule has 1 aromatic carbocycles. The van der Waals surface area contributed by atoms with Crippen molar-refractivity contribution in [3.63, 3.8) is 0 Å². The van der Waals surface area contributed by atoms with Crippen LogP contribution in [-0.2, 0) is 0 Å². The third kappa shape index (κ3) is 2.61. The van der Waals surface area contributed by atoms with Crippen molar-refractivity contribution >= 4 is 51.0 Å². The molecule has 2 rings (SSSR count). The van der Waals surface area contributed by atoms with Gasteiger partial charge in [0, 0.05) is 0 Å². The third-order valence-electron chi connectivity index (χ3n) is 1.73. The molecule has 0 saturated carbocycles. The molecule has 1 heterocycles. The number of benzene rings is 1. The highest BCUT2D eigenvalue weighted by atomic mass is 79.9. The minimum Gasteiger partial charge on any atom is -0.244 e. The van der Waals surface area contributed by atoms with Gasteiger partial charge in [0.05, 0.1) is 21.8 Å². The van der Waals surface area contributed by atoms with Crippen LogP contribution in [0.1, 0.15) is 0 Å². The van der Waals surface area contributed by atoms with Gasteiger partial charge < -0.3 is 0 Å². The Kier molecular flexibility index (Phi) is 3.58. The smallest absolute Gasteiger partial charge is 0.244 e. The van der Waals surface area contributed by atoms with Crippen LogP contribution in [-0.4, -0.2) is 15.0 Å². The lowest BCUT2D eigenvalue weighted by Gasteiger charge is -2.13. The number of para-hydroxylation sites is 1. The topological polar surface area (TPSA) is 41.9 Å². The van der Waals surface area contributed by atoms with Crippen LogP contribution in [0.25, 0.3) is 0 Å². The quantitative estimate of drug-likeness (QED) is 0.793. The monoisotopic (exact) mass is 318 g/mol. The zero-order valence-electron chi connectivity index (χ0n) is 7.81. The number of hydrogen-bond acceptors (Lipinski definition) is 4. The van der Waals surface area contributed by atoms with Crippen LogP contribution in [0.4, 0.5) is 11.6 Å². The molecule has 82 valence electrons. The summed E-state index contributed by atoms with van der Waals surface area (Å²) in [6.45, 7) is 0. The molecule has 0 N–H and O–H groups in total. The zero-order chi connectivity index (χ0) is 11.5. The standard InChI is InChI=1S/C9H5BrCl2N4/c10-16(6-4-2-1-3-5-6)9-14-7(11)13-8(12)15-9/h1-5H. The van der Waals surface area contributed by atoms with E-state index in [9.17, 15) is 0 Å². The van der Waals surface area contributed by atoms with Crippen molar-refractivity contribution in [2.75, 3.05) is 3.93 Å². The molecule has 16 heavy (non-hydrogen) atoms. The second kappa shape index (κ2) is 4.95. The van der Waals surface area contributed by atoms with Gasteiger partial charge in [-0.1, -0.05) is 18.2 Å². The molecule has 7 heteroatoms. The summed E-state index contributed by atoms with van der Waals surface area (Å²) < 4.78 is 1.59. The predicted molar refractivity (Wildman–Crippen MR) is 67.4 cm³/mol. The number of rotatable bonds is 2. The molecule has 0 amide bonds. The van der Waals surface area contributed by atoms with Gasteiger partial charge in [0.25, 0.3) is 0 Å². The first-order chi connectivity index (χ1) is 7.66. The molecule has 0 radical (unpaired) electrons. The lowest BCUT2D eigenvalue weighted by atomic mass is 10.3. The zero-order valence-corrected chi connectivity index (χ0v) is 10.9. The first-order valence-electron chi connectivity index (χ1n) is 4.25. The minimum atomic E-state index is 0.0513. The summed E-state index contributed by atoms with van der Waals surface area (Å²) in [5.74, 6) is 0.330. The summed E-state index contributed by atoms with van der Waals surface area (Å²) in [5.41, 5.74) is 0.862. The van der Waals surface area contributed by atoms with Crippen molar-refractivity contribution in [3.05, 3.63) is 40.9 Å².